The fourth-order valence-corrected chi connectivity index (χ4v) is 0.601. The van der Waals surface area contributed by atoms with Gasteiger partial charge in [-0.05, 0) is 24.3 Å². The Labute approximate surface area is 64.7 Å². The first-order chi connectivity index (χ1) is 4.77. The predicted molar refractivity (Wildman–Crippen MR) is 46.1 cm³/mol. The van der Waals surface area contributed by atoms with Crippen LogP contribution in [0.3, 0.4) is 0 Å². The molecule has 0 amide bonds. The lowest BCUT2D eigenvalue weighted by Crippen LogP contribution is -1.69. The molecule has 0 spiro atoms. The molecule has 2 heteroatoms. The first-order valence-corrected chi connectivity index (χ1v) is 3.70. The zero-order valence-electron chi connectivity index (χ0n) is 6.71. The van der Waals surface area contributed by atoms with Gasteiger partial charge in [0, 0.05) is 1.37 Å². The van der Waals surface area contributed by atoms with Gasteiger partial charge >= 0.3 is 0 Å². The van der Waals surface area contributed by atoms with Crippen molar-refractivity contribution in [2.45, 2.75) is 12.8 Å². The Bertz CT molecular complexity index is 93.7. The molecule has 0 saturated heterocycles. The SMILES string of the molecule is [3H]SCC/C=C\CC([3H])S. The topological polar surface area (TPSA) is 0 Å². The van der Waals surface area contributed by atoms with Crippen LogP contribution < -0.4 is 0 Å². The van der Waals surface area contributed by atoms with Gasteiger partial charge in [0.25, 0.3) is 0 Å². The highest BCUT2D eigenvalue weighted by Gasteiger charge is 1.72. The minimum Gasteiger partial charge on any atom is -0.179 e. The number of rotatable bonds is 5. The zero-order chi connectivity index (χ0) is 7.82. The van der Waals surface area contributed by atoms with E-state index < -0.39 is 0 Å². The summed E-state index contributed by atoms with van der Waals surface area (Å²) in [5, 5.41) is 0. The maximum atomic E-state index is 7.03. The number of hydrogen-bond acceptors (Lipinski definition) is 2. The number of thiol groups is 2. The van der Waals surface area contributed by atoms with Gasteiger partial charge < -0.3 is 0 Å². The van der Waals surface area contributed by atoms with Gasteiger partial charge in [0.1, 0.15) is 1.12 Å². The van der Waals surface area contributed by atoms with E-state index in [1.807, 2.05) is 12.2 Å². The van der Waals surface area contributed by atoms with Crippen molar-refractivity contribution >= 4 is 25.2 Å². The van der Waals surface area contributed by atoms with Crippen LogP contribution in [0.15, 0.2) is 12.2 Å². The van der Waals surface area contributed by atoms with Gasteiger partial charge in [-0.3, -0.25) is 0 Å². The Morgan fingerprint density at radius 2 is 2.25 bits per heavy atom. The lowest BCUT2D eigenvalue weighted by Gasteiger charge is -1.82. The van der Waals surface area contributed by atoms with E-state index in [-0.39, 0.29) is 5.73 Å². The second-order valence-corrected chi connectivity index (χ2v) is 2.16. The summed E-state index contributed by atoms with van der Waals surface area (Å²) in [4.78, 5) is 0. The van der Waals surface area contributed by atoms with Crippen LogP contribution in [-0.2, 0) is 0 Å². The highest BCUT2D eigenvalue weighted by molar-refractivity contribution is 7.80. The molecule has 0 radical (unpaired) electrons. The van der Waals surface area contributed by atoms with Crippen molar-refractivity contribution in [3.05, 3.63) is 12.2 Å². The Morgan fingerprint density at radius 1 is 1.50 bits per heavy atom. The monoisotopic (exact) mass is 152 g/mol. The molecule has 0 saturated carbocycles. The molecule has 1 atom stereocenters. The molecule has 0 N–H and O–H groups in total. The van der Waals surface area contributed by atoms with Gasteiger partial charge in [-0.25, -0.2) is 0 Å². The first-order valence-electron chi connectivity index (χ1n) is 3.59. The van der Waals surface area contributed by atoms with Gasteiger partial charge in [-0.2, -0.15) is 25.2 Å². The van der Waals surface area contributed by atoms with Crippen molar-refractivity contribution in [1.82, 2.24) is 0 Å². The lowest BCUT2D eigenvalue weighted by molar-refractivity contribution is 1.18. The number of allylic oxidation sites excluding steroid dienone is 2. The van der Waals surface area contributed by atoms with Crippen molar-refractivity contribution in [3.63, 3.8) is 0 Å². The quantitative estimate of drug-likeness (QED) is 0.337. The van der Waals surface area contributed by atoms with Crippen molar-refractivity contribution in [2.24, 2.45) is 0 Å². The average molecular weight is 152 g/mol. The molecule has 1 unspecified atom stereocenters. The summed E-state index contributed by atoms with van der Waals surface area (Å²) in [6.07, 6.45) is 5.57. The lowest BCUT2D eigenvalue weighted by atomic mass is 10.3. The van der Waals surface area contributed by atoms with Crippen molar-refractivity contribution in [2.75, 3.05) is 11.5 Å². The molecular formula is C6H12S2. The summed E-state index contributed by atoms with van der Waals surface area (Å²) >= 11 is 4.99. The Hall–Kier alpha value is 0.440. The molecule has 0 aliphatic rings. The molecule has 48 valence electrons. The minimum atomic E-state index is -0.292. The van der Waals surface area contributed by atoms with Crippen LogP contribution in [-0.4, -0.2) is 12.6 Å². The van der Waals surface area contributed by atoms with E-state index in [0.717, 1.165) is 24.7 Å². The standard InChI is InChI=1S/C6H12S2/c7-5-3-1-2-4-6-8/h1-2,7-8H,3-6H2/b2-1-/i5T/hT. The normalized spacial score (nSPS) is 18.1. The number of hydrogen-bond donors (Lipinski definition) is 2. The van der Waals surface area contributed by atoms with E-state index >= 15 is 0 Å². The van der Waals surface area contributed by atoms with E-state index in [9.17, 15) is 0 Å². The van der Waals surface area contributed by atoms with Gasteiger partial charge in [-0.15, -0.1) is 0 Å². The maximum Gasteiger partial charge on any atom is 0.102 e. The molecule has 0 heterocycles. The van der Waals surface area contributed by atoms with Crippen molar-refractivity contribution in [3.8, 4) is 0 Å². The summed E-state index contributed by atoms with van der Waals surface area (Å²) in [6.45, 7) is 0. The predicted octanol–water partition coefficient (Wildman–Crippen LogP) is 2.18. The van der Waals surface area contributed by atoms with E-state index in [1.54, 1.807) is 0 Å². The molecule has 0 rings (SSSR count). The van der Waals surface area contributed by atoms with Gasteiger partial charge in [-0.1, -0.05) is 12.2 Å². The third-order valence-corrected chi connectivity index (χ3v) is 1.14. The highest BCUT2D eigenvalue weighted by Crippen LogP contribution is 1.90. The summed E-state index contributed by atoms with van der Waals surface area (Å²) in [5.74, 6) is 0.839. The Morgan fingerprint density at radius 3 is 2.88 bits per heavy atom. The van der Waals surface area contributed by atoms with Gasteiger partial charge in [0.15, 0.2) is 0 Å². The fourth-order valence-electron chi connectivity index (χ4n) is 0.343. The Balaban J connectivity index is 3.04. The fraction of sp³-hybridized carbons (Fsp3) is 0.667. The summed E-state index contributed by atoms with van der Waals surface area (Å²) < 4.78 is 13.8. The molecule has 0 bridgehead atoms. The second-order valence-electron chi connectivity index (χ2n) is 1.38. The summed E-state index contributed by atoms with van der Waals surface area (Å²) in [5.41, 5.74) is -0.292. The molecular weight excluding hydrogens is 136 g/mol. The first kappa shape index (κ1) is 5.24. The van der Waals surface area contributed by atoms with Gasteiger partial charge in [0.2, 0.25) is 0 Å². The van der Waals surface area contributed by atoms with E-state index in [0.29, 0.717) is 6.42 Å². The van der Waals surface area contributed by atoms with Crippen LogP contribution in [0.5, 0.6) is 0 Å². The Kier molecular flexibility index (Phi) is 4.88. The van der Waals surface area contributed by atoms with Crippen LogP contribution in [0.2, 0.25) is 0 Å². The molecule has 8 heavy (non-hydrogen) atoms. The summed E-state index contributed by atoms with van der Waals surface area (Å²) in [6, 6.07) is 0. The molecule has 0 aliphatic heterocycles. The molecule has 0 aromatic carbocycles. The van der Waals surface area contributed by atoms with Crippen molar-refractivity contribution in [1.29, 1.82) is 1.12 Å². The van der Waals surface area contributed by atoms with E-state index in [1.165, 1.54) is 0 Å². The maximum absolute atomic E-state index is 7.03. The molecule has 0 aromatic heterocycles. The third kappa shape index (κ3) is 6.44. The van der Waals surface area contributed by atoms with Gasteiger partial charge in [0.05, 0.1) is 0 Å². The van der Waals surface area contributed by atoms with Crippen LogP contribution in [0.4, 0.5) is 0 Å². The molecule has 0 aromatic rings. The molecule has 0 fully saturated rings. The van der Waals surface area contributed by atoms with Crippen LogP contribution in [0.25, 0.3) is 0 Å². The van der Waals surface area contributed by atoms with Crippen LogP contribution >= 0.6 is 25.2 Å². The highest BCUT2D eigenvalue weighted by atomic mass is 32.1. The third-order valence-electron chi connectivity index (χ3n) is 0.693. The molecule has 0 aliphatic carbocycles. The molecule has 0 nitrogen and oxygen atoms in total. The van der Waals surface area contributed by atoms with Crippen LogP contribution in [0, 0.1) is 0 Å². The smallest absolute Gasteiger partial charge is 0.102 e. The van der Waals surface area contributed by atoms with E-state index in [4.69, 9.17) is 2.49 Å². The van der Waals surface area contributed by atoms with Crippen molar-refractivity contribution < 1.29 is 1.37 Å². The average Bonchev–Trinajstić information content (AvgIpc) is 1.87. The van der Waals surface area contributed by atoms with E-state index in [2.05, 4.69) is 12.6 Å². The largest absolute Gasteiger partial charge is 0.179 e. The minimum absolute atomic E-state index is 0.292. The van der Waals surface area contributed by atoms with Crippen LogP contribution in [0.1, 0.15) is 14.2 Å². The second kappa shape index (κ2) is 7.44. The summed E-state index contributed by atoms with van der Waals surface area (Å²) in [7, 11) is 0. The zero-order valence-corrected chi connectivity index (χ0v) is 6.42.